The van der Waals surface area contributed by atoms with Gasteiger partial charge in [-0.1, -0.05) is 61.5 Å². The van der Waals surface area contributed by atoms with E-state index in [1.165, 1.54) is 27.9 Å². The summed E-state index contributed by atoms with van der Waals surface area (Å²) in [6.45, 7) is 6.64. The summed E-state index contributed by atoms with van der Waals surface area (Å²) in [6, 6.07) is 25.0. The van der Waals surface area contributed by atoms with Crippen LogP contribution in [0.25, 0.3) is 0 Å². The van der Waals surface area contributed by atoms with Crippen molar-refractivity contribution in [1.82, 2.24) is 9.88 Å². The summed E-state index contributed by atoms with van der Waals surface area (Å²) in [6.07, 6.45) is 2.11. The Bertz CT molecular complexity index is 993. The Labute approximate surface area is 161 Å². The van der Waals surface area contributed by atoms with Crippen LogP contribution in [0.1, 0.15) is 46.6 Å². The van der Waals surface area contributed by atoms with Crippen LogP contribution in [0.5, 0.6) is 0 Å². The fourth-order valence-electron chi connectivity index (χ4n) is 5.23. The maximum absolute atomic E-state index is 4.72. The molecule has 2 bridgehead atoms. The molecule has 6 rings (SSSR count). The van der Waals surface area contributed by atoms with Crippen molar-refractivity contribution in [3.05, 3.63) is 100 Å². The average molecular weight is 354 g/mol. The van der Waals surface area contributed by atoms with Crippen LogP contribution < -0.4 is 0 Å². The predicted molar refractivity (Wildman–Crippen MR) is 110 cm³/mol. The van der Waals surface area contributed by atoms with Crippen molar-refractivity contribution in [2.24, 2.45) is 0 Å². The number of hydrogen-bond donors (Lipinski definition) is 0. The lowest BCUT2D eigenvalue weighted by Crippen LogP contribution is -2.46. The highest BCUT2D eigenvalue weighted by Crippen LogP contribution is 2.49. The third kappa shape index (κ3) is 2.71. The highest BCUT2D eigenvalue weighted by molar-refractivity contribution is 5.53. The van der Waals surface area contributed by atoms with Gasteiger partial charge in [-0.15, -0.1) is 0 Å². The fraction of sp³-hybridized carbons (Fsp3) is 0.320. The summed E-state index contributed by atoms with van der Waals surface area (Å²) in [7, 11) is 0. The Balaban J connectivity index is 1.54. The van der Waals surface area contributed by atoms with Crippen LogP contribution in [0.4, 0.5) is 0 Å². The van der Waals surface area contributed by atoms with E-state index >= 15 is 0 Å². The molecule has 0 N–H and O–H groups in total. The van der Waals surface area contributed by atoms with Crippen molar-refractivity contribution in [2.45, 2.75) is 38.1 Å². The molecule has 0 spiro atoms. The number of pyridine rings is 1. The molecule has 27 heavy (non-hydrogen) atoms. The molecule has 2 unspecified atom stereocenters. The Hall–Kier alpha value is -2.45. The Morgan fingerprint density at radius 3 is 2.59 bits per heavy atom. The van der Waals surface area contributed by atoms with Gasteiger partial charge in [-0.05, 0) is 47.7 Å². The van der Waals surface area contributed by atoms with Gasteiger partial charge >= 0.3 is 0 Å². The Morgan fingerprint density at radius 1 is 0.963 bits per heavy atom. The van der Waals surface area contributed by atoms with Crippen LogP contribution >= 0.6 is 0 Å². The minimum atomic E-state index is 0.0558. The van der Waals surface area contributed by atoms with Crippen molar-refractivity contribution in [1.29, 1.82) is 0 Å². The lowest BCUT2D eigenvalue weighted by Gasteiger charge is -2.44. The van der Waals surface area contributed by atoms with E-state index in [1.54, 1.807) is 0 Å². The van der Waals surface area contributed by atoms with Crippen LogP contribution in [0.2, 0.25) is 0 Å². The summed E-state index contributed by atoms with van der Waals surface area (Å²) in [5, 5.41) is 0. The lowest BCUT2D eigenvalue weighted by atomic mass is 9.72. The van der Waals surface area contributed by atoms with Crippen molar-refractivity contribution >= 4 is 0 Å². The van der Waals surface area contributed by atoms with Gasteiger partial charge in [0.05, 0.1) is 0 Å². The van der Waals surface area contributed by atoms with Gasteiger partial charge in [-0.25, -0.2) is 0 Å². The molecule has 2 atom stereocenters. The van der Waals surface area contributed by atoms with Gasteiger partial charge in [0.15, 0.2) is 0 Å². The van der Waals surface area contributed by atoms with Crippen molar-refractivity contribution < 1.29 is 0 Å². The second-order valence-electron chi connectivity index (χ2n) is 8.29. The van der Waals surface area contributed by atoms with Crippen LogP contribution in [-0.4, -0.2) is 23.0 Å². The monoisotopic (exact) mass is 354 g/mol. The number of aryl methyl sites for hydroxylation is 1. The van der Waals surface area contributed by atoms with E-state index in [0.717, 1.165) is 31.6 Å². The van der Waals surface area contributed by atoms with Crippen molar-refractivity contribution in [3.8, 4) is 0 Å². The first-order chi connectivity index (χ1) is 13.1. The molecule has 0 fully saturated rings. The minimum absolute atomic E-state index is 0.0558. The number of fused-ring (bicyclic) bond motifs is 1. The van der Waals surface area contributed by atoms with E-state index in [0.29, 0.717) is 6.04 Å². The molecule has 2 aromatic carbocycles. The summed E-state index contributed by atoms with van der Waals surface area (Å²) in [4.78, 5) is 7.42. The summed E-state index contributed by atoms with van der Waals surface area (Å²) in [5.41, 5.74) is 8.42. The molecule has 3 heterocycles. The molecule has 2 heteroatoms. The number of aromatic nitrogens is 1. The number of hydrogen-bond acceptors (Lipinski definition) is 2. The quantitative estimate of drug-likeness (QED) is 0.668. The van der Waals surface area contributed by atoms with Gasteiger partial charge in [-0.2, -0.15) is 0 Å². The summed E-state index contributed by atoms with van der Waals surface area (Å²) < 4.78 is 0. The van der Waals surface area contributed by atoms with Gasteiger partial charge < -0.3 is 0 Å². The number of rotatable bonds is 3. The second-order valence-corrected chi connectivity index (χ2v) is 8.29. The SMILES string of the molecule is Cc1cccc(CCN2CC3(C)c4ccccc4CC2c2ccccc23)n1. The van der Waals surface area contributed by atoms with Gasteiger partial charge in [0.1, 0.15) is 0 Å². The molecule has 1 aromatic heterocycles. The van der Waals surface area contributed by atoms with Crippen LogP contribution in [0.3, 0.4) is 0 Å². The number of nitrogens with zero attached hydrogens (tertiary/aromatic N) is 2. The first kappa shape index (κ1) is 16.7. The number of benzene rings is 2. The molecule has 2 aliphatic heterocycles. The zero-order valence-corrected chi connectivity index (χ0v) is 16.2. The van der Waals surface area contributed by atoms with E-state index in [1.807, 2.05) is 0 Å². The standard InChI is InChI=1S/C25H26N2/c1-18-8-7-10-20(26-18)14-15-27-17-25(2)22-12-5-3-9-19(22)16-24(27)21-11-4-6-13-23(21)25/h3-13,24H,14-17H2,1-2H3. The maximum Gasteiger partial charge on any atom is 0.0419 e. The normalized spacial score (nSPS) is 23.6. The summed E-state index contributed by atoms with van der Waals surface area (Å²) in [5.74, 6) is 0. The van der Waals surface area contributed by atoms with Gasteiger partial charge in [0, 0.05) is 42.4 Å². The first-order valence-corrected chi connectivity index (χ1v) is 9.99. The molecule has 136 valence electrons. The molecular formula is C25H26N2. The van der Waals surface area contributed by atoms with E-state index < -0.39 is 0 Å². The topological polar surface area (TPSA) is 16.1 Å². The third-order valence-corrected chi connectivity index (χ3v) is 6.50. The van der Waals surface area contributed by atoms with E-state index in [4.69, 9.17) is 4.98 Å². The fourth-order valence-corrected chi connectivity index (χ4v) is 5.23. The van der Waals surface area contributed by atoms with Gasteiger partial charge in [0.25, 0.3) is 0 Å². The predicted octanol–water partition coefficient (Wildman–Crippen LogP) is 4.85. The zero-order valence-electron chi connectivity index (χ0n) is 16.2. The molecule has 0 radical (unpaired) electrons. The molecule has 2 nitrogen and oxygen atoms in total. The molecule has 0 saturated carbocycles. The second kappa shape index (κ2) is 6.31. The maximum atomic E-state index is 4.72. The molecule has 1 aliphatic carbocycles. The Morgan fingerprint density at radius 2 is 1.74 bits per heavy atom. The van der Waals surface area contributed by atoms with Gasteiger partial charge in [0.2, 0.25) is 0 Å². The van der Waals surface area contributed by atoms with Crippen LogP contribution in [0.15, 0.2) is 66.7 Å². The minimum Gasteiger partial charge on any atom is -0.294 e. The van der Waals surface area contributed by atoms with Crippen LogP contribution in [0, 0.1) is 6.92 Å². The molecular weight excluding hydrogens is 328 g/mol. The highest BCUT2D eigenvalue weighted by Gasteiger charge is 2.45. The molecule has 3 aliphatic rings. The summed E-state index contributed by atoms with van der Waals surface area (Å²) >= 11 is 0. The molecule has 3 aromatic rings. The molecule has 0 saturated heterocycles. The lowest BCUT2D eigenvalue weighted by molar-refractivity contribution is 0.157. The van der Waals surface area contributed by atoms with Crippen molar-refractivity contribution in [2.75, 3.05) is 13.1 Å². The van der Waals surface area contributed by atoms with E-state index in [-0.39, 0.29) is 5.41 Å². The zero-order chi connectivity index (χ0) is 18.4. The average Bonchev–Trinajstić information content (AvgIpc) is 2.88. The molecule has 0 amide bonds. The Kier molecular flexibility index (Phi) is 3.91. The smallest absolute Gasteiger partial charge is 0.0419 e. The van der Waals surface area contributed by atoms with Gasteiger partial charge in [-0.3, -0.25) is 9.88 Å². The van der Waals surface area contributed by atoms with E-state index in [2.05, 4.69) is 85.5 Å². The third-order valence-electron chi connectivity index (χ3n) is 6.50. The van der Waals surface area contributed by atoms with E-state index in [9.17, 15) is 0 Å². The largest absolute Gasteiger partial charge is 0.294 e. The van der Waals surface area contributed by atoms with Crippen molar-refractivity contribution in [3.63, 3.8) is 0 Å². The first-order valence-electron chi connectivity index (χ1n) is 9.99. The highest BCUT2D eigenvalue weighted by atomic mass is 15.2. The van der Waals surface area contributed by atoms with Crippen LogP contribution in [-0.2, 0) is 18.3 Å².